The number of fused-ring (bicyclic) bond motifs is 1. The molecule has 1 aromatic carbocycles. The van der Waals surface area contributed by atoms with E-state index in [0.29, 0.717) is 5.75 Å². The van der Waals surface area contributed by atoms with Gasteiger partial charge in [0.25, 0.3) is 0 Å². The Morgan fingerprint density at radius 1 is 1.39 bits per heavy atom. The highest BCUT2D eigenvalue weighted by atomic mass is 16.3. The number of nitrogens with zero attached hydrogens (tertiary/aromatic N) is 1. The Morgan fingerprint density at radius 2 is 2.11 bits per heavy atom. The van der Waals surface area contributed by atoms with Crippen molar-refractivity contribution in [1.82, 2.24) is 4.90 Å². The van der Waals surface area contributed by atoms with Gasteiger partial charge in [0.15, 0.2) is 0 Å². The van der Waals surface area contributed by atoms with Crippen LogP contribution in [-0.2, 0) is 6.42 Å². The Hall–Kier alpha value is -1.06. The molecule has 1 aliphatic carbocycles. The quantitative estimate of drug-likeness (QED) is 0.797. The number of hydrogen-bond donors (Lipinski definition) is 2. The average molecular weight is 246 g/mol. The molecule has 0 saturated carbocycles. The highest BCUT2D eigenvalue weighted by Crippen LogP contribution is 2.51. The molecule has 3 nitrogen and oxygen atoms in total. The molecule has 1 fully saturated rings. The van der Waals surface area contributed by atoms with Gasteiger partial charge in [0.2, 0.25) is 0 Å². The molecular weight excluding hydrogens is 224 g/mol. The summed E-state index contributed by atoms with van der Waals surface area (Å²) in [7, 11) is 0. The van der Waals surface area contributed by atoms with Gasteiger partial charge in [0.1, 0.15) is 5.75 Å². The third kappa shape index (κ3) is 1.73. The highest BCUT2D eigenvalue weighted by molar-refractivity contribution is 5.42. The van der Waals surface area contributed by atoms with Crippen molar-refractivity contribution >= 4 is 0 Å². The zero-order valence-electron chi connectivity index (χ0n) is 11.0. The van der Waals surface area contributed by atoms with Crippen molar-refractivity contribution in [1.29, 1.82) is 0 Å². The van der Waals surface area contributed by atoms with Gasteiger partial charge in [-0.25, -0.2) is 0 Å². The van der Waals surface area contributed by atoms with Gasteiger partial charge in [0.05, 0.1) is 0 Å². The van der Waals surface area contributed by atoms with Crippen LogP contribution in [0.2, 0.25) is 0 Å². The third-order valence-electron chi connectivity index (χ3n) is 4.97. The standard InChI is InChI=1S/C15H22N2O/c1-2-17-7-5-15(6-8-17)10-11-3-4-12(18)9-13(11)14(15)16/h3-4,9,14,18H,2,5-8,10,16H2,1H3/t14-/m0/s1. The summed E-state index contributed by atoms with van der Waals surface area (Å²) in [6.45, 7) is 5.67. The summed E-state index contributed by atoms with van der Waals surface area (Å²) < 4.78 is 0. The summed E-state index contributed by atoms with van der Waals surface area (Å²) in [5.41, 5.74) is 9.22. The number of rotatable bonds is 1. The van der Waals surface area contributed by atoms with Crippen LogP contribution in [-0.4, -0.2) is 29.6 Å². The second kappa shape index (κ2) is 4.25. The monoisotopic (exact) mass is 246 g/mol. The molecule has 0 aromatic heterocycles. The molecule has 98 valence electrons. The van der Waals surface area contributed by atoms with E-state index in [0.717, 1.165) is 26.1 Å². The molecular formula is C15H22N2O. The van der Waals surface area contributed by atoms with Gasteiger partial charge in [-0.1, -0.05) is 13.0 Å². The first kappa shape index (κ1) is 12.0. The summed E-state index contributed by atoms with van der Waals surface area (Å²) in [6, 6.07) is 5.79. The molecule has 0 unspecified atom stereocenters. The first-order valence-electron chi connectivity index (χ1n) is 6.94. The maximum atomic E-state index is 9.62. The van der Waals surface area contributed by atoms with E-state index in [-0.39, 0.29) is 11.5 Å². The van der Waals surface area contributed by atoms with Crippen LogP contribution in [0.15, 0.2) is 18.2 Å². The lowest BCUT2D eigenvalue weighted by molar-refractivity contribution is 0.0930. The van der Waals surface area contributed by atoms with Crippen LogP contribution < -0.4 is 5.73 Å². The molecule has 0 radical (unpaired) electrons. The van der Waals surface area contributed by atoms with Gasteiger partial charge in [-0.15, -0.1) is 0 Å². The topological polar surface area (TPSA) is 49.5 Å². The fraction of sp³-hybridized carbons (Fsp3) is 0.600. The average Bonchev–Trinajstić information content (AvgIpc) is 2.65. The molecule has 1 aromatic rings. The maximum Gasteiger partial charge on any atom is 0.115 e. The van der Waals surface area contributed by atoms with Crippen LogP contribution in [0.3, 0.4) is 0 Å². The lowest BCUT2D eigenvalue weighted by atomic mass is 9.73. The zero-order chi connectivity index (χ0) is 12.8. The van der Waals surface area contributed by atoms with E-state index < -0.39 is 0 Å². The van der Waals surface area contributed by atoms with Gasteiger partial charge >= 0.3 is 0 Å². The molecule has 0 amide bonds. The molecule has 3 N–H and O–H groups in total. The number of phenolic OH excluding ortho intramolecular Hbond substituents is 1. The van der Waals surface area contributed by atoms with E-state index in [2.05, 4.69) is 11.8 Å². The van der Waals surface area contributed by atoms with E-state index >= 15 is 0 Å². The SMILES string of the molecule is CCN1CCC2(CC1)Cc1ccc(O)cc1[C@@H]2N. The van der Waals surface area contributed by atoms with Gasteiger partial charge in [-0.2, -0.15) is 0 Å². The first-order valence-corrected chi connectivity index (χ1v) is 6.94. The number of likely N-dealkylation sites (tertiary alicyclic amines) is 1. The molecule has 1 aliphatic heterocycles. The summed E-state index contributed by atoms with van der Waals surface area (Å²) in [5, 5.41) is 9.62. The Morgan fingerprint density at radius 3 is 2.78 bits per heavy atom. The largest absolute Gasteiger partial charge is 0.508 e. The highest BCUT2D eigenvalue weighted by Gasteiger charge is 2.45. The van der Waals surface area contributed by atoms with E-state index in [4.69, 9.17) is 5.73 Å². The van der Waals surface area contributed by atoms with Crippen LogP contribution in [0.5, 0.6) is 5.75 Å². The Labute approximate surface area is 109 Å². The summed E-state index contributed by atoms with van der Waals surface area (Å²) in [4.78, 5) is 2.50. The van der Waals surface area contributed by atoms with Crippen molar-refractivity contribution in [2.24, 2.45) is 11.1 Å². The van der Waals surface area contributed by atoms with Crippen LogP contribution >= 0.6 is 0 Å². The number of hydrogen-bond acceptors (Lipinski definition) is 3. The smallest absolute Gasteiger partial charge is 0.115 e. The number of phenols is 1. The number of aromatic hydroxyl groups is 1. The van der Waals surface area contributed by atoms with Crippen LogP contribution in [0.25, 0.3) is 0 Å². The number of benzene rings is 1. The predicted molar refractivity (Wildman–Crippen MR) is 72.5 cm³/mol. The first-order chi connectivity index (χ1) is 8.64. The second-order valence-corrected chi connectivity index (χ2v) is 5.83. The van der Waals surface area contributed by atoms with Crippen molar-refractivity contribution in [2.75, 3.05) is 19.6 Å². The zero-order valence-corrected chi connectivity index (χ0v) is 11.0. The van der Waals surface area contributed by atoms with E-state index in [1.165, 1.54) is 24.0 Å². The molecule has 1 spiro atoms. The van der Waals surface area contributed by atoms with Crippen molar-refractivity contribution in [3.05, 3.63) is 29.3 Å². The minimum absolute atomic E-state index is 0.0959. The maximum absolute atomic E-state index is 9.62. The molecule has 3 rings (SSSR count). The van der Waals surface area contributed by atoms with E-state index in [1.807, 2.05) is 12.1 Å². The van der Waals surface area contributed by atoms with Crippen molar-refractivity contribution in [3.63, 3.8) is 0 Å². The molecule has 18 heavy (non-hydrogen) atoms. The van der Waals surface area contributed by atoms with Crippen LogP contribution in [0.4, 0.5) is 0 Å². The minimum atomic E-state index is 0.0959. The van der Waals surface area contributed by atoms with Gasteiger partial charge in [-0.3, -0.25) is 0 Å². The Kier molecular flexibility index (Phi) is 2.83. The van der Waals surface area contributed by atoms with Gasteiger partial charge < -0.3 is 15.7 Å². The lowest BCUT2D eigenvalue weighted by Gasteiger charge is -2.42. The van der Waals surface area contributed by atoms with Crippen molar-refractivity contribution in [2.45, 2.75) is 32.2 Å². The molecule has 1 heterocycles. The number of piperidine rings is 1. The van der Waals surface area contributed by atoms with Gasteiger partial charge in [-0.05, 0) is 67.6 Å². The Balaban J connectivity index is 1.86. The predicted octanol–water partition coefficient (Wildman–Crippen LogP) is 2.05. The van der Waals surface area contributed by atoms with Crippen molar-refractivity contribution in [3.8, 4) is 5.75 Å². The molecule has 1 atom stereocenters. The lowest BCUT2D eigenvalue weighted by Crippen LogP contribution is -2.44. The van der Waals surface area contributed by atoms with Crippen molar-refractivity contribution < 1.29 is 5.11 Å². The number of nitrogens with two attached hydrogens (primary N) is 1. The second-order valence-electron chi connectivity index (χ2n) is 5.83. The summed E-state index contributed by atoms with van der Waals surface area (Å²) in [5.74, 6) is 0.340. The van der Waals surface area contributed by atoms with Gasteiger partial charge in [0, 0.05) is 6.04 Å². The molecule has 1 saturated heterocycles. The third-order valence-corrected chi connectivity index (χ3v) is 4.97. The molecule has 3 heteroatoms. The normalized spacial score (nSPS) is 26.4. The van der Waals surface area contributed by atoms with Crippen LogP contribution in [0, 0.1) is 5.41 Å². The van der Waals surface area contributed by atoms with Crippen LogP contribution in [0.1, 0.15) is 36.9 Å². The summed E-state index contributed by atoms with van der Waals surface area (Å²) >= 11 is 0. The van der Waals surface area contributed by atoms with E-state index in [9.17, 15) is 5.11 Å². The molecule has 0 bridgehead atoms. The fourth-order valence-electron chi connectivity index (χ4n) is 3.65. The summed E-state index contributed by atoms with van der Waals surface area (Å²) in [6.07, 6.45) is 3.44. The van der Waals surface area contributed by atoms with E-state index in [1.54, 1.807) is 6.07 Å². The molecule has 2 aliphatic rings. The minimum Gasteiger partial charge on any atom is -0.508 e. The Bertz CT molecular complexity index is 450. The fourth-order valence-corrected chi connectivity index (χ4v) is 3.65.